The maximum absolute atomic E-state index is 4.01. The van der Waals surface area contributed by atoms with E-state index in [1.807, 2.05) is 18.6 Å². The molecule has 2 aliphatic rings. The summed E-state index contributed by atoms with van der Waals surface area (Å²) in [4.78, 5) is 6.10. The maximum atomic E-state index is 4.01. The summed E-state index contributed by atoms with van der Waals surface area (Å²) in [6, 6.07) is 0. The summed E-state index contributed by atoms with van der Waals surface area (Å²) in [5.41, 5.74) is 1.22. The lowest BCUT2D eigenvalue weighted by Crippen LogP contribution is -2.23. The van der Waals surface area contributed by atoms with Crippen molar-refractivity contribution in [2.75, 3.05) is 6.54 Å². The van der Waals surface area contributed by atoms with Crippen molar-refractivity contribution < 1.29 is 0 Å². The molecule has 2 nitrogen and oxygen atoms in total. The minimum absolute atomic E-state index is 0.944. The molecule has 0 saturated heterocycles. The molecular weight excluding hydrogens is 124 g/mol. The van der Waals surface area contributed by atoms with E-state index in [-0.39, 0.29) is 0 Å². The predicted octanol–water partition coefficient (Wildman–Crippen LogP) is 1.30. The lowest BCUT2D eigenvalue weighted by Gasteiger charge is -2.22. The van der Waals surface area contributed by atoms with Crippen LogP contribution in [0.4, 0.5) is 0 Å². The maximum Gasteiger partial charge on any atom is 0.0952 e. The van der Waals surface area contributed by atoms with Gasteiger partial charge in [0, 0.05) is 18.4 Å². The Morgan fingerprint density at radius 3 is 3.40 bits per heavy atom. The van der Waals surface area contributed by atoms with Crippen LogP contribution in [0.5, 0.6) is 0 Å². The molecule has 0 N–H and O–H groups in total. The second kappa shape index (κ2) is 2.14. The highest BCUT2D eigenvalue weighted by atomic mass is 15.2. The minimum Gasteiger partial charge on any atom is -0.329 e. The van der Waals surface area contributed by atoms with Crippen molar-refractivity contribution in [3.8, 4) is 0 Å². The highest BCUT2D eigenvalue weighted by Crippen LogP contribution is 2.11. The van der Waals surface area contributed by atoms with Gasteiger partial charge < -0.3 is 4.90 Å². The summed E-state index contributed by atoms with van der Waals surface area (Å²) >= 11 is 0. The molecule has 2 aliphatic heterocycles. The highest BCUT2D eigenvalue weighted by Gasteiger charge is 2.06. The van der Waals surface area contributed by atoms with Crippen molar-refractivity contribution in [3.63, 3.8) is 0 Å². The monoisotopic (exact) mass is 132 g/mol. The summed E-state index contributed by atoms with van der Waals surface area (Å²) in [6.07, 6.45) is 11.9. The van der Waals surface area contributed by atoms with Gasteiger partial charge in [0.2, 0.25) is 0 Å². The van der Waals surface area contributed by atoms with Crippen molar-refractivity contribution in [2.45, 2.75) is 0 Å². The molecule has 0 aliphatic carbocycles. The molecule has 50 valence electrons. The van der Waals surface area contributed by atoms with Gasteiger partial charge in [-0.15, -0.1) is 0 Å². The molecule has 0 aromatic rings. The van der Waals surface area contributed by atoms with Crippen molar-refractivity contribution in [1.82, 2.24) is 4.90 Å². The largest absolute Gasteiger partial charge is 0.329 e. The Morgan fingerprint density at radius 1 is 1.50 bits per heavy atom. The second-order valence-corrected chi connectivity index (χ2v) is 2.25. The number of fused-ring (bicyclic) bond motifs is 1. The molecule has 2 rings (SSSR count). The second-order valence-electron chi connectivity index (χ2n) is 2.25. The Hall–Kier alpha value is -1.31. The zero-order chi connectivity index (χ0) is 6.81. The molecule has 0 amide bonds. The van der Waals surface area contributed by atoms with Crippen LogP contribution in [-0.4, -0.2) is 17.8 Å². The number of hydrogen-bond acceptors (Lipinski definition) is 2. The van der Waals surface area contributed by atoms with Gasteiger partial charge in [-0.05, 0) is 12.2 Å². The van der Waals surface area contributed by atoms with E-state index in [9.17, 15) is 0 Å². The first-order valence-electron chi connectivity index (χ1n) is 3.30. The highest BCUT2D eigenvalue weighted by molar-refractivity contribution is 5.63. The first kappa shape index (κ1) is 5.47. The summed E-state index contributed by atoms with van der Waals surface area (Å²) in [5, 5.41) is 0. The SMILES string of the molecule is C1=CCN2C=NC=CC2=C1. The third-order valence-corrected chi connectivity index (χ3v) is 1.57. The fraction of sp³-hybridized carbons (Fsp3) is 0.125. The van der Waals surface area contributed by atoms with Crippen LogP contribution in [-0.2, 0) is 0 Å². The molecule has 0 bridgehead atoms. The molecule has 2 heterocycles. The van der Waals surface area contributed by atoms with Crippen LogP contribution < -0.4 is 0 Å². The van der Waals surface area contributed by atoms with Gasteiger partial charge in [-0.2, -0.15) is 0 Å². The fourth-order valence-electron chi connectivity index (χ4n) is 1.05. The predicted molar refractivity (Wildman–Crippen MR) is 41.6 cm³/mol. The summed E-state index contributed by atoms with van der Waals surface area (Å²) in [5.74, 6) is 0. The van der Waals surface area contributed by atoms with Crippen LogP contribution in [0.3, 0.4) is 0 Å². The van der Waals surface area contributed by atoms with Crippen molar-refractivity contribution in [2.24, 2.45) is 4.99 Å². The van der Waals surface area contributed by atoms with E-state index < -0.39 is 0 Å². The molecule has 0 unspecified atom stereocenters. The molecule has 10 heavy (non-hydrogen) atoms. The van der Waals surface area contributed by atoms with E-state index in [0.717, 1.165) is 6.54 Å². The number of aliphatic imine (C=N–C) groups is 1. The molecule has 0 atom stereocenters. The van der Waals surface area contributed by atoms with E-state index in [0.29, 0.717) is 0 Å². The number of rotatable bonds is 0. The first-order valence-corrected chi connectivity index (χ1v) is 3.30. The summed E-state index contributed by atoms with van der Waals surface area (Å²) in [6.45, 7) is 0.944. The third kappa shape index (κ3) is 0.778. The molecule has 0 spiro atoms. The van der Waals surface area contributed by atoms with Crippen molar-refractivity contribution in [1.29, 1.82) is 0 Å². The Morgan fingerprint density at radius 2 is 2.50 bits per heavy atom. The van der Waals surface area contributed by atoms with Crippen molar-refractivity contribution >= 4 is 6.34 Å². The summed E-state index contributed by atoms with van der Waals surface area (Å²) < 4.78 is 0. The average molecular weight is 132 g/mol. The van der Waals surface area contributed by atoms with Crippen LogP contribution in [0.1, 0.15) is 0 Å². The Kier molecular flexibility index (Phi) is 1.17. The topological polar surface area (TPSA) is 15.6 Å². The van der Waals surface area contributed by atoms with Gasteiger partial charge in [0.1, 0.15) is 0 Å². The van der Waals surface area contributed by atoms with E-state index in [2.05, 4.69) is 28.1 Å². The van der Waals surface area contributed by atoms with Crippen LogP contribution in [0.15, 0.2) is 41.2 Å². The Bertz CT molecular complexity index is 246. The van der Waals surface area contributed by atoms with Gasteiger partial charge in [-0.1, -0.05) is 12.2 Å². The summed E-state index contributed by atoms with van der Waals surface area (Å²) in [7, 11) is 0. The average Bonchev–Trinajstić information content (AvgIpc) is 2.05. The zero-order valence-corrected chi connectivity index (χ0v) is 5.57. The quantitative estimate of drug-likeness (QED) is 0.485. The third-order valence-electron chi connectivity index (χ3n) is 1.57. The van der Waals surface area contributed by atoms with Crippen LogP contribution in [0.2, 0.25) is 0 Å². The Balaban J connectivity index is 2.34. The first-order chi connectivity index (χ1) is 4.97. The molecule has 0 aromatic heterocycles. The lowest BCUT2D eigenvalue weighted by molar-refractivity contribution is 0.592. The molecule has 0 radical (unpaired) electrons. The van der Waals surface area contributed by atoms with Gasteiger partial charge in [0.25, 0.3) is 0 Å². The van der Waals surface area contributed by atoms with Gasteiger partial charge in [-0.3, -0.25) is 0 Å². The number of allylic oxidation sites excluding steroid dienone is 3. The standard InChI is InChI=1S/C8H8N2/c1-2-6-10-7-9-5-4-8(10)3-1/h1-5,7H,6H2. The van der Waals surface area contributed by atoms with Crippen molar-refractivity contribution in [3.05, 3.63) is 36.2 Å². The van der Waals surface area contributed by atoms with Crippen LogP contribution >= 0.6 is 0 Å². The molecule has 0 saturated carbocycles. The van der Waals surface area contributed by atoms with Gasteiger partial charge >= 0.3 is 0 Å². The van der Waals surface area contributed by atoms with Gasteiger partial charge in [0.15, 0.2) is 0 Å². The molecule has 2 heteroatoms. The van der Waals surface area contributed by atoms with Crippen LogP contribution in [0, 0.1) is 0 Å². The minimum atomic E-state index is 0.944. The van der Waals surface area contributed by atoms with Gasteiger partial charge in [-0.25, -0.2) is 4.99 Å². The van der Waals surface area contributed by atoms with E-state index in [1.54, 1.807) is 0 Å². The number of hydrogen-bond donors (Lipinski definition) is 0. The van der Waals surface area contributed by atoms with Crippen LogP contribution in [0.25, 0.3) is 0 Å². The van der Waals surface area contributed by atoms with E-state index >= 15 is 0 Å². The lowest BCUT2D eigenvalue weighted by atomic mass is 10.2. The van der Waals surface area contributed by atoms with Gasteiger partial charge in [0.05, 0.1) is 6.34 Å². The molecule has 0 fully saturated rings. The number of nitrogens with zero attached hydrogens (tertiary/aromatic N) is 2. The smallest absolute Gasteiger partial charge is 0.0952 e. The zero-order valence-electron chi connectivity index (χ0n) is 5.57. The molecule has 0 aromatic carbocycles. The van der Waals surface area contributed by atoms with E-state index in [1.165, 1.54) is 5.70 Å². The normalized spacial score (nSPS) is 20.8. The Labute approximate surface area is 59.9 Å². The van der Waals surface area contributed by atoms with E-state index in [4.69, 9.17) is 0 Å². The fourth-order valence-corrected chi connectivity index (χ4v) is 1.05. The molecular formula is C8H8N2.